The van der Waals surface area contributed by atoms with Crippen molar-refractivity contribution in [3.63, 3.8) is 0 Å². The summed E-state index contributed by atoms with van der Waals surface area (Å²) in [7, 11) is 0. The van der Waals surface area contributed by atoms with Gasteiger partial charge in [0, 0.05) is 18.6 Å². The lowest BCUT2D eigenvalue weighted by Gasteiger charge is -2.30. The highest BCUT2D eigenvalue weighted by Gasteiger charge is 2.25. The number of rotatable bonds is 14. The Morgan fingerprint density at radius 2 is 1.13 bits per heavy atom. The monoisotopic (exact) mass is 324 g/mol. The predicted octanol–water partition coefficient (Wildman–Crippen LogP) is 6.66. The van der Waals surface area contributed by atoms with Crippen LogP contribution in [0.4, 0.5) is 0 Å². The SMILES string of the molecule is CC/C=C\CCCCOC(OCCCC/C=C\CC)C(C)(C)C. The summed E-state index contributed by atoms with van der Waals surface area (Å²) >= 11 is 0. The number of unbranched alkanes of at least 4 members (excludes halogenated alkanes) is 4. The Labute approximate surface area is 145 Å². The van der Waals surface area contributed by atoms with Gasteiger partial charge in [-0.15, -0.1) is 0 Å². The van der Waals surface area contributed by atoms with E-state index < -0.39 is 0 Å². The molecule has 0 aromatic carbocycles. The molecule has 0 aromatic rings. The Kier molecular flexibility index (Phi) is 14.6. The van der Waals surface area contributed by atoms with Gasteiger partial charge in [-0.1, -0.05) is 58.9 Å². The van der Waals surface area contributed by atoms with Crippen LogP contribution >= 0.6 is 0 Å². The van der Waals surface area contributed by atoms with Crippen molar-refractivity contribution in [1.29, 1.82) is 0 Å². The van der Waals surface area contributed by atoms with Crippen molar-refractivity contribution in [3.8, 4) is 0 Å². The van der Waals surface area contributed by atoms with E-state index >= 15 is 0 Å². The van der Waals surface area contributed by atoms with Gasteiger partial charge in [0.25, 0.3) is 0 Å². The maximum Gasteiger partial charge on any atom is 0.162 e. The Balaban J connectivity index is 3.82. The van der Waals surface area contributed by atoms with Crippen LogP contribution in [0.3, 0.4) is 0 Å². The highest BCUT2D eigenvalue weighted by atomic mass is 16.7. The summed E-state index contributed by atoms with van der Waals surface area (Å²) < 4.78 is 12.0. The molecule has 0 fully saturated rings. The van der Waals surface area contributed by atoms with Gasteiger partial charge in [-0.05, 0) is 51.4 Å². The first-order valence-corrected chi connectivity index (χ1v) is 9.55. The zero-order chi connectivity index (χ0) is 17.4. The lowest BCUT2D eigenvalue weighted by Crippen LogP contribution is -2.32. The summed E-state index contributed by atoms with van der Waals surface area (Å²) in [5.41, 5.74) is 0.0320. The van der Waals surface area contributed by atoms with E-state index in [1.165, 1.54) is 12.8 Å². The van der Waals surface area contributed by atoms with Gasteiger partial charge in [0.2, 0.25) is 0 Å². The Hall–Kier alpha value is -0.600. The van der Waals surface area contributed by atoms with Gasteiger partial charge in [-0.2, -0.15) is 0 Å². The summed E-state index contributed by atoms with van der Waals surface area (Å²) in [5, 5.41) is 0. The van der Waals surface area contributed by atoms with Crippen LogP contribution in [-0.4, -0.2) is 19.5 Å². The molecule has 0 spiro atoms. The molecule has 136 valence electrons. The van der Waals surface area contributed by atoms with Crippen LogP contribution in [0.15, 0.2) is 24.3 Å². The average Bonchev–Trinajstić information content (AvgIpc) is 2.50. The molecule has 0 rings (SSSR count). The quantitative estimate of drug-likeness (QED) is 0.202. The molecule has 0 aromatic heterocycles. The summed E-state index contributed by atoms with van der Waals surface area (Å²) in [6.45, 7) is 12.5. The molecule has 0 heterocycles. The van der Waals surface area contributed by atoms with Crippen molar-refractivity contribution in [1.82, 2.24) is 0 Å². The van der Waals surface area contributed by atoms with Crippen molar-refractivity contribution in [2.45, 2.75) is 92.3 Å². The van der Waals surface area contributed by atoms with Gasteiger partial charge in [0.1, 0.15) is 0 Å². The van der Waals surface area contributed by atoms with E-state index in [-0.39, 0.29) is 11.7 Å². The Morgan fingerprint density at radius 3 is 1.48 bits per heavy atom. The van der Waals surface area contributed by atoms with Crippen LogP contribution < -0.4 is 0 Å². The zero-order valence-corrected chi connectivity index (χ0v) is 16.3. The maximum atomic E-state index is 6.00. The normalized spacial score (nSPS) is 13.0. The minimum Gasteiger partial charge on any atom is -0.352 e. The maximum absolute atomic E-state index is 6.00. The van der Waals surface area contributed by atoms with Crippen LogP contribution in [0.25, 0.3) is 0 Å². The summed E-state index contributed by atoms with van der Waals surface area (Å²) in [6.07, 6.45) is 18.1. The van der Waals surface area contributed by atoms with Gasteiger partial charge in [0.15, 0.2) is 6.29 Å². The molecule has 0 radical (unpaired) electrons. The van der Waals surface area contributed by atoms with Crippen molar-refractivity contribution in [3.05, 3.63) is 24.3 Å². The third kappa shape index (κ3) is 14.7. The lowest BCUT2D eigenvalue weighted by atomic mass is 9.96. The highest BCUT2D eigenvalue weighted by Crippen LogP contribution is 2.24. The number of hydrogen-bond donors (Lipinski definition) is 0. The van der Waals surface area contributed by atoms with E-state index in [1.54, 1.807) is 0 Å². The first-order chi connectivity index (χ1) is 11.0. The molecule has 0 atom stereocenters. The largest absolute Gasteiger partial charge is 0.352 e. The van der Waals surface area contributed by atoms with Gasteiger partial charge in [-0.3, -0.25) is 0 Å². The van der Waals surface area contributed by atoms with E-state index in [9.17, 15) is 0 Å². The summed E-state index contributed by atoms with van der Waals surface area (Å²) in [5.74, 6) is 0. The van der Waals surface area contributed by atoms with Crippen LogP contribution in [0.1, 0.15) is 86.0 Å². The first-order valence-electron chi connectivity index (χ1n) is 9.55. The molecule has 0 N–H and O–H groups in total. The highest BCUT2D eigenvalue weighted by molar-refractivity contribution is 4.80. The average molecular weight is 325 g/mol. The van der Waals surface area contributed by atoms with Crippen LogP contribution in [0.5, 0.6) is 0 Å². The van der Waals surface area contributed by atoms with Gasteiger partial charge in [-0.25, -0.2) is 0 Å². The molecule has 0 aliphatic carbocycles. The van der Waals surface area contributed by atoms with Crippen LogP contribution in [0.2, 0.25) is 0 Å². The molecule has 0 amide bonds. The van der Waals surface area contributed by atoms with Crippen LogP contribution in [-0.2, 0) is 9.47 Å². The number of ether oxygens (including phenoxy) is 2. The van der Waals surface area contributed by atoms with E-state index in [0.717, 1.165) is 51.7 Å². The summed E-state index contributed by atoms with van der Waals surface area (Å²) in [4.78, 5) is 0. The molecular weight excluding hydrogens is 284 g/mol. The molecule has 2 heteroatoms. The van der Waals surface area contributed by atoms with E-state index in [2.05, 4.69) is 58.9 Å². The van der Waals surface area contributed by atoms with E-state index in [0.29, 0.717) is 0 Å². The second-order valence-corrected chi connectivity index (χ2v) is 7.19. The standard InChI is InChI=1S/C21H40O2/c1-6-8-10-12-14-16-18-22-20(21(3,4)5)23-19-17-15-13-11-9-7-2/h8-11,20H,6-7,12-19H2,1-5H3/b10-8-,11-9-. The van der Waals surface area contributed by atoms with Gasteiger partial charge in [0.05, 0.1) is 0 Å². The lowest BCUT2D eigenvalue weighted by molar-refractivity contribution is -0.195. The molecule has 0 saturated carbocycles. The fourth-order valence-electron chi connectivity index (χ4n) is 2.23. The smallest absolute Gasteiger partial charge is 0.162 e. The fourth-order valence-corrected chi connectivity index (χ4v) is 2.23. The molecule has 2 nitrogen and oxygen atoms in total. The third-order valence-corrected chi connectivity index (χ3v) is 3.58. The minimum absolute atomic E-state index is 0.0320. The molecule has 0 bridgehead atoms. The van der Waals surface area contributed by atoms with Crippen molar-refractivity contribution < 1.29 is 9.47 Å². The first kappa shape index (κ1) is 22.4. The van der Waals surface area contributed by atoms with Gasteiger partial charge < -0.3 is 9.47 Å². The van der Waals surface area contributed by atoms with Gasteiger partial charge >= 0.3 is 0 Å². The third-order valence-electron chi connectivity index (χ3n) is 3.58. The second kappa shape index (κ2) is 15.0. The second-order valence-electron chi connectivity index (χ2n) is 7.19. The van der Waals surface area contributed by atoms with E-state index in [1.807, 2.05) is 0 Å². The molecular formula is C21H40O2. The number of allylic oxidation sites excluding steroid dienone is 4. The fraction of sp³-hybridized carbons (Fsp3) is 0.810. The Bertz CT molecular complexity index is 275. The Morgan fingerprint density at radius 1 is 0.696 bits per heavy atom. The predicted molar refractivity (Wildman–Crippen MR) is 102 cm³/mol. The van der Waals surface area contributed by atoms with Crippen molar-refractivity contribution >= 4 is 0 Å². The zero-order valence-electron chi connectivity index (χ0n) is 16.3. The van der Waals surface area contributed by atoms with Crippen LogP contribution in [0, 0.1) is 5.41 Å². The van der Waals surface area contributed by atoms with E-state index in [4.69, 9.17) is 9.47 Å². The molecule has 0 aliphatic rings. The number of hydrogen-bond acceptors (Lipinski definition) is 2. The minimum atomic E-state index is -0.0973. The molecule has 0 aliphatic heterocycles. The topological polar surface area (TPSA) is 18.5 Å². The molecule has 0 unspecified atom stereocenters. The van der Waals surface area contributed by atoms with Crippen molar-refractivity contribution in [2.75, 3.05) is 13.2 Å². The van der Waals surface area contributed by atoms with Crippen molar-refractivity contribution in [2.24, 2.45) is 5.41 Å². The molecule has 23 heavy (non-hydrogen) atoms. The molecule has 0 saturated heterocycles. The summed E-state index contributed by atoms with van der Waals surface area (Å²) in [6, 6.07) is 0.